The Labute approximate surface area is 167 Å². The highest BCUT2D eigenvalue weighted by molar-refractivity contribution is 9.10. The number of carbonyl (C=O) groups excluding carboxylic acids is 2. The number of esters is 1. The summed E-state index contributed by atoms with van der Waals surface area (Å²) in [4.78, 5) is 28.2. The van der Waals surface area contributed by atoms with E-state index in [0.29, 0.717) is 21.4 Å². The lowest BCUT2D eigenvalue weighted by Gasteiger charge is -2.05. The number of thiazole rings is 1. The maximum absolute atomic E-state index is 12.0. The second kappa shape index (κ2) is 8.44. The first-order chi connectivity index (χ1) is 12.5. The van der Waals surface area contributed by atoms with Crippen LogP contribution >= 0.6 is 38.9 Å². The average molecular weight is 452 g/mol. The number of halogens is 2. The van der Waals surface area contributed by atoms with Crippen LogP contribution in [0.2, 0.25) is 5.02 Å². The van der Waals surface area contributed by atoms with E-state index in [0.717, 1.165) is 10.0 Å². The van der Waals surface area contributed by atoms with E-state index < -0.39 is 18.5 Å². The van der Waals surface area contributed by atoms with Crippen molar-refractivity contribution in [1.29, 1.82) is 0 Å². The van der Waals surface area contributed by atoms with Crippen molar-refractivity contribution in [1.82, 2.24) is 4.98 Å². The Kier molecular flexibility index (Phi) is 6.03. The van der Waals surface area contributed by atoms with Crippen LogP contribution in [0.25, 0.3) is 11.3 Å². The highest BCUT2D eigenvalue weighted by Gasteiger charge is 2.13. The molecule has 8 heteroatoms. The van der Waals surface area contributed by atoms with E-state index in [4.69, 9.17) is 16.3 Å². The van der Waals surface area contributed by atoms with E-state index in [-0.39, 0.29) is 0 Å². The van der Waals surface area contributed by atoms with Gasteiger partial charge in [0.15, 0.2) is 11.7 Å². The molecule has 0 spiro atoms. The van der Waals surface area contributed by atoms with Crippen molar-refractivity contribution >= 4 is 55.9 Å². The van der Waals surface area contributed by atoms with Crippen molar-refractivity contribution in [3.63, 3.8) is 0 Å². The minimum absolute atomic E-state index is 0.363. The quantitative estimate of drug-likeness (QED) is 0.553. The molecule has 1 aromatic heterocycles. The molecule has 0 atom stereocenters. The molecular formula is C18H12BrClN2O3S. The van der Waals surface area contributed by atoms with Crippen molar-refractivity contribution in [2.75, 3.05) is 11.9 Å². The molecule has 3 aromatic rings. The summed E-state index contributed by atoms with van der Waals surface area (Å²) in [5.41, 5.74) is 1.82. The monoisotopic (exact) mass is 450 g/mol. The lowest BCUT2D eigenvalue weighted by Crippen LogP contribution is -2.20. The third kappa shape index (κ3) is 4.69. The van der Waals surface area contributed by atoms with Gasteiger partial charge in [-0.2, -0.15) is 0 Å². The number of hydrogen-bond donors (Lipinski definition) is 1. The number of anilines is 1. The Balaban J connectivity index is 1.57. The summed E-state index contributed by atoms with van der Waals surface area (Å²) >= 11 is 10.7. The summed E-state index contributed by atoms with van der Waals surface area (Å²) in [5, 5.41) is 5.39. The van der Waals surface area contributed by atoms with Gasteiger partial charge < -0.3 is 4.74 Å². The topological polar surface area (TPSA) is 68.3 Å². The van der Waals surface area contributed by atoms with Gasteiger partial charge in [0.25, 0.3) is 5.91 Å². The molecule has 1 heterocycles. The van der Waals surface area contributed by atoms with Crippen molar-refractivity contribution in [2.45, 2.75) is 0 Å². The van der Waals surface area contributed by atoms with Crippen LogP contribution in [-0.4, -0.2) is 23.5 Å². The maximum atomic E-state index is 12.0. The molecule has 1 amide bonds. The predicted molar refractivity (Wildman–Crippen MR) is 106 cm³/mol. The lowest BCUT2D eigenvalue weighted by atomic mass is 10.2. The largest absolute Gasteiger partial charge is 0.452 e. The molecule has 1 N–H and O–H groups in total. The first kappa shape index (κ1) is 18.6. The van der Waals surface area contributed by atoms with Crippen LogP contribution in [0.1, 0.15) is 10.4 Å². The van der Waals surface area contributed by atoms with Crippen LogP contribution in [-0.2, 0) is 9.53 Å². The smallest absolute Gasteiger partial charge is 0.338 e. The third-order valence-electron chi connectivity index (χ3n) is 3.30. The van der Waals surface area contributed by atoms with Crippen molar-refractivity contribution < 1.29 is 14.3 Å². The van der Waals surface area contributed by atoms with Gasteiger partial charge >= 0.3 is 5.97 Å². The first-order valence-electron chi connectivity index (χ1n) is 7.46. The molecule has 0 radical (unpaired) electrons. The molecule has 0 unspecified atom stereocenters. The van der Waals surface area contributed by atoms with Gasteiger partial charge in [-0.3, -0.25) is 10.1 Å². The Hall–Kier alpha value is -2.22. The highest BCUT2D eigenvalue weighted by Crippen LogP contribution is 2.30. The number of aromatic nitrogens is 1. The Morgan fingerprint density at radius 3 is 2.77 bits per heavy atom. The van der Waals surface area contributed by atoms with Crippen molar-refractivity contribution in [2.24, 2.45) is 0 Å². The molecule has 5 nitrogen and oxygen atoms in total. The predicted octanol–water partition coefficient (Wildman–Crippen LogP) is 5.02. The molecule has 0 saturated heterocycles. The maximum Gasteiger partial charge on any atom is 0.338 e. The molecule has 2 aromatic carbocycles. The van der Waals surface area contributed by atoms with Gasteiger partial charge in [-0.15, -0.1) is 11.3 Å². The number of rotatable bonds is 5. The van der Waals surface area contributed by atoms with E-state index in [1.54, 1.807) is 35.7 Å². The molecule has 0 fully saturated rings. The van der Waals surface area contributed by atoms with E-state index in [9.17, 15) is 9.59 Å². The fourth-order valence-corrected chi connectivity index (χ4v) is 3.47. The van der Waals surface area contributed by atoms with Gasteiger partial charge in [0, 0.05) is 20.4 Å². The summed E-state index contributed by atoms with van der Waals surface area (Å²) in [7, 11) is 0. The van der Waals surface area contributed by atoms with Gasteiger partial charge in [-0.05, 0) is 24.3 Å². The van der Waals surface area contributed by atoms with Crippen LogP contribution in [0.15, 0.2) is 58.4 Å². The lowest BCUT2D eigenvalue weighted by molar-refractivity contribution is -0.119. The summed E-state index contributed by atoms with van der Waals surface area (Å²) in [6.45, 7) is -0.396. The molecule has 26 heavy (non-hydrogen) atoms. The van der Waals surface area contributed by atoms with E-state index in [1.807, 2.05) is 18.2 Å². The molecule has 0 aliphatic heterocycles. The summed E-state index contributed by atoms with van der Waals surface area (Å²) in [5.74, 6) is -1.04. The number of hydrogen-bond acceptors (Lipinski definition) is 5. The molecule has 0 saturated carbocycles. The van der Waals surface area contributed by atoms with Crippen LogP contribution in [0.3, 0.4) is 0 Å². The van der Waals surface area contributed by atoms with E-state index in [1.165, 1.54) is 11.3 Å². The van der Waals surface area contributed by atoms with Crippen molar-refractivity contribution in [3.05, 3.63) is 69.0 Å². The first-order valence-corrected chi connectivity index (χ1v) is 9.51. The number of nitrogens with zero attached hydrogens (tertiary/aromatic N) is 1. The average Bonchev–Trinajstić information content (AvgIpc) is 3.08. The summed E-state index contributed by atoms with van der Waals surface area (Å²) < 4.78 is 5.77. The van der Waals surface area contributed by atoms with E-state index in [2.05, 4.69) is 26.2 Å². The standard InChI is InChI=1S/C18H12BrClN2O3S/c19-12-5-3-4-11(8-12)17(24)25-9-16(23)22-18-21-15(10-26-18)13-6-1-2-7-14(13)20/h1-8,10H,9H2,(H,21,22,23). The minimum atomic E-state index is -0.572. The van der Waals surface area contributed by atoms with Crippen LogP contribution < -0.4 is 5.32 Å². The Morgan fingerprint density at radius 1 is 1.19 bits per heavy atom. The number of nitrogens with one attached hydrogen (secondary N) is 1. The number of carbonyl (C=O) groups is 2. The van der Waals surface area contributed by atoms with Gasteiger partial charge in [-0.25, -0.2) is 9.78 Å². The molecular weight excluding hydrogens is 440 g/mol. The van der Waals surface area contributed by atoms with Gasteiger partial charge in [-0.1, -0.05) is 51.8 Å². The third-order valence-corrected chi connectivity index (χ3v) is 4.88. The SMILES string of the molecule is O=C(COC(=O)c1cccc(Br)c1)Nc1nc(-c2ccccc2Cl)cs1. The second-order valence-corrected chi connectivity index (χ2v) is 7.33. The fraction of sp³-hybridized carbons (Fsp3) is 0.0556. The summed E-state index contributed by atoms with van der Waals surface area (Å²) in [6, 6.07) is 14.1. The van der Waals surface area contributed by atoms with Gasteiger partial charge in [0.1, 0.15) is 0 Å². The number of ether oxygens (including phenoxy) is 1. The zero-order chi connectivity index (χ0) is 18.5. The normalized spacial score (nSPS) is 10.4. The van der Waals surface area contributed by atoms with Crippen LogP contribution in [0.5, 0.6) is 0 Å². The molecule has 0 bridgehead atoms. The number of benzene rings is 2. The fourth-order valence-electron chi connectivity index (χ4n) is 2.11. The molecule has 3 rings (SSSR count). The molecule has 0 aliphatic carbocycles. The van der Waals surface area contributed by atoms with Gasteiger partial charge in [0.05, 0.1) is 11.3 Å². The van der Waals surface area contributed by atoms with Crippen LogP contribution in [0.4, 0.5) is 5.13 Å². The summed E-state index contributed by atoms with van der Waals surface area (Å²) in [6.07, 6.45) is 0. The minimum Gasteiger partial charge on any atom is -0.452 e. The Morgan fingerprint density at radius 2 is 2.00 bits per heavy atom. The van der Waals surface area contributed by atoms with Crippen LogP contribution in [0, 0.1) is 0 Å². The molecule has 132 valence electrons. The number of amides is 1. The van der Waals surface area contributed by atoms with Crippen molar-refractivity contribution in [3.8, 4) is 11.3 Å². The zero-order valence-corrected chi connectivity index (χ0v) is 16.4. The van der Waals surface area contributed by atoms with E-state index >= 15 is 0 Å². The highest BCUT2D eigenvalue weighted by atomic mass is 79.9. The Bertz CT molecular complexity index is 961. The zero-order valence-electron chi connectivity index (χ0n) is 13.2. The van der Waals surface area contributed by atoms with Gasteiger partial charge in [0.2, 0.25) is 0 Å². The molecule has 0 aliphatic rings. The second-order valence-electron chi connectivity index (χ2n) is 5.15.